The zero-order chi connectivity index (χ0) is 18.2. The van der Waals surface area contributed by atoms with Gasteiger partial charge in [0, 0.05) is 5.69 Å². The standard InChI is InChI=1S/C20H26N2O3/c1-4-24-19-12-16(9-10-21)7-8-18(19)25-13-20(23)22-17-11-14(2)5-6-15(17)3/h5-8,11-12H,4,9-10,13,21H2,1-3H3,(H,22,23). The van der Waals surface area contributed by atoms with Crippen LogP contribution < -0.4 is 20.5 Å². The minimum atomic E-state index is -0.206. The molecule has 0 saturated heterocycles. The predicted molar refractivity (Wildman–Crippen MR) is 100 cm³/mol. The van der Waals surface area contributed by atoms with Gasteiger partial charge in [-0.15, -0.1) is 0 Å². The summed E-state index contributed by atoms with van der Waals surface area (Å²) in [4.78, 5) is 12.2. The molecule has 5 nitrogen and oxygen atoms in total. The Bertz CT molecular complexity index is 729. The Morgan fingerprint density at radius 1 is 1.08 bits per heavy atom. The van der Waals surface area contributed by atoms with Crippen LogP contribution in [0.4, 0.5) is 5.69 Å². The normalized spacial score (nSPS) is 10.4. The van der Waals surface area contributed by atoms with Crippen LogP contribution >= 0.6 is 0 Å². The number of nitrogens with one attached hydrogen (secondary N) is 1. The van der Waals surface area contributed by atoms with Crippen molar-refractivity contribution in [3.05, 3.63) is 53.1 Å². The molecule has 0 aromatic heterocycles. The number of benzene rings is 2. The summed E-state index contributed by atoms with van der Waals surface area (Å²) >= 11 is 0. The fraction of sp³-hybridized carbons (Fsp3) is 0.350. The second kappa shape index (κ2) is 9.08. The number of hydrogen-bond donors (Lipinski definition) is 2. The van der Waals surface area contributed by atoms with Crippen molar-refractivity contribution in [3.8, 4) is 11.5 Å². The van der Waals surface area contributed by atoms with Crippen LogP contribution in [-0.2, 0) is 11.2 Å². The monoisotopic (exact) mass is 342 g/mol. The first-order valence-corrected chi connectivity index (χ1v) is 8.49. The van der Waals surface area contributed by atoms with Crippen molar-refractivity contribution in [2.75, 3.05) is 25.1 Å². The highest BCUT2D eigenvalue weighted by Crippen LogP contribution is 2.28. The van der Waals surface area contributed by atoms with Gasteiger partial charge in [-0.05, 0) is 68.6 Å². The molecule has 1 amide bonds. The van der Waals surface area contributed by atoms with Crippen molar-refractivity contribution >= 4 is 11.6 Å². The lowest BCUT2D eigenvalue weighted by atomic mass is 10.1. The largest absolute Gasteiger partial charge is 0.490 e. The van der Waals surface area contributed by atoms with Crippen molar-refractivity contribution in [2.24, 2.45) is 5.73 Å². The summed E-state index contributed by atoms with van der Waals surface area (Å²) in [6.45, 7) is 6.87. The second-order valence-corrected chi connectivity index (χ2v) is 5.91. The molecule has 0 aliphatic carbocycles. The van der Waals surface area contributed by atoms with Crippen LogP contribution in [0.25, 0.3) is 0 Å². The van der Waals surface area contributed by atoms with Crippen LogP contribution in [0.15, 0.2) is 36.4 Å². The van der Waals surface area contributed by atoms with E-state index < -0.39 is 0 Å². The first-order valence-electron chi connectivity index (χ1n) is 8.49. The topological polar surface area (TPSA) is 73.6 Å². The van der Waals surface area contributed by atoms with E-state index in [0.29, 0.717) is 24.7 Å². The maximum absolute atomic E-state index is 12.2. The molecule has 0 saturated carbocycles. The van der Waals surface area contributed by atoms with Gasteiger partial charge in [-0.25, -0.2) is 0 Å². The minimum absolute atomic E-state index is 0.0797. The van der Waals surface area contributed by atoms with E-state index in [2.05, 4.69) is 5.32 Å². The highest BCUT2D eigenvalue weighted by Gasteiger charge is 2.10. The first kappa shape index (κ1) is 18.8. The van der Waals surface area contributed by atoms with Crippen molar-refractivity contribution in [3.63, 3.8) is 0 Å². The molecule has 0 aliphatic rings. The molecule has 0 atom stereocenters. The predicted octanol–water partition coefficient (Wildman–Crippen LogP) is 3.22. The van der Waals surface area contributed by atoms with E-state index in [0.717, 1.165) is 28.8 Å². The van der Waals surface area contributed by atoms with E-state index in [9.17, 15) is 4.79 Å². The molecule has 2 rings (SSSR count). The summed E-state index contributed by atoms with van der Waals surface area (Å²) in [5.74, 6) is 0.980. The second-order valence-electron chi connectivity index (χ2n) is 5.91. The lowest BCUT2D eigenvalue weighted by Gasteiger charge is -2.14. The Balaban J connectivity index is 2.02. The number of ether oxygens (including phenoxy) is 2. The van der Waals surface area contributed by atoms with Crippen LogP contribution in [0, 0.1) is 13.8 Å². The van der Waals surface area contributed by atoms with Gasteiger partial charge >= 0.3 is 0 Å². The maximum Gasteiger partial charge on any atom is 0.262 e. The van der Waals surface area contributed by atoms with Gasteiger partial charge in [-0.1, -0.05) is 18.2 Å². The fourth-order valence-corrected chi connectivity index (χ4v) is 2.46. The zero-order valence-corrected chi connectivity index (χ0v) is 15.1. The molecule has 3 N–H and O–H groups in total. The molecule has 0 bridgehead atoms. The minimum Gasteiger partial charge on any atom is -0.490 e. The third-order valence-corrected chi connectivity index (χ3v) is 3.77. The third kappa shape index (κ3) is 5.50. The number of nitrogens with two attached hydrogens (primary N) is 1. The van der Waals surface area contributed by atoms with Gasteiger partial charge in [0.2, 0.25) is 0 Å². The lowest BCUT2D eigenvalue weighted by Crippen LogP contribution is -2.21. The van der Waals surface area contributed by atoms with E-state index >= 15 is 0 Å². The molecule has 0 heterocycles. The smallest absolute Gasteiger partial charge is 0.262 e. The molecular weight excluding hydrogens is 316 g/mol. The summed E-state index contributed by atoms with van der Waals surface area (Å²) < 4.78 is 11.3. The van der Waals surface area contributed by atoms with Gasteiger partial charge < -0.3 is 20.5 Å². The van der Waals surface area contributed by atoms with E-state index in [1.807, 2.05) is 57.2 Å². The molecule has 134 valence electrons. The SMILES string of the molecule is CCOc1cc(CCN)ccc1OCC(=O)Nc1cc(C)ccc1C. The van der Waals surface area contributed by atoms with Gasteiger partial charge in [0.25, 0.3) is 5.91 Å². The van der Waals surface area contributed by atoms with Gasteiger partial charge in [0.15, 0.2) is 18.1 Å². The highest BCUT2D eigenvalue weighted by atomic mass is 16.5. The molecule has 0 radical (unpaired) electrons. The number of rotatable bonds is 8. The Labute approximate surface area is 149 Å². The molecule has 5 heteroatoms. The average Bonchev–Trinajstić information content (AvgIpc) is 2.58. The van der Waals surface area contributed by atoms with Crippen LogP contribution in [0.2, 0.25) is 0 Å². The molecular formula is C20H26N2O3. The average molecular weight is 342 g/mol. The van der Waals surface area contributed by atoms with Crippen molar-refractivity contribution < 1.29 is 14.3 Å². The molecule has 0 fully saturated rings. The van der Waals surface area contributed by atoms with Crippen LogP contribution in [-0.4, -0.2) is 25.7 Å². The molecule has 2 aromatic carbocycles. The summed E-state index contributed by atoms with van der Waals surface area (Å²) in [7, 11) is 0. The van der Waals surface area contributed by atoms with E-state index in [4.69, 9.17) is 15.2 Å². The number of aryl methyl sites for hydroxylation is 2. The molecule has 0 spiro atoms. The van der Waals surface area contributed by atoms with Gasteiger partial charge in [-0.2, -0.15) is 0 Å². The molecule has 0 unspecified atom stereocenters. The summed E-state index contributed by atoms with van der Waals surface area (Å²) in [5, 5.41) is 2.88. The van der Waals surface area contributed by atoms with E-state index in [1.54, 1.807) is 0 Å². The Morgan fingerprint density at radius 2 is 1.88 bits per heavy atom. The van der Waals surface area contributed by atoms with Crippen molar-refractivity contribution in [1.29, 1.82) is 0 Å². The van der Waals surface area contributed by atoms with E-state index in [1.165, 1.54) is 0 Å². The number of anilines is 1. The Morgan fingerprint density at radius 3 is 2.60 bits per heavy atom. The quantitative estimate of drug-likeness (QED) is 0.772. The number of amides is 1. The molecule has 25 heavy (non-hydrogen) atoms. The Hall–Kier alpha value is -2.53. The number of carbonyl (C=O) groups is 1. The molecule has 2 aromatic rings. The van der Waals surface area contributed by atoms with Crippen molar-refractivity contribution in [2.45, 2.75) is 27.2 Å². The summed E-state index contributed by atoms with van der Waals surface area (Å²) in [5.41, 5.74) is 9.58. The summed E-state index contributed by atoms with van der Waals surface area (Å²) in [6.07, 6.45) is 0.771. The van der Waals surface area contributed by atoms with E-state index in [-0.39, 0.29) is 12.5 Å². The highest BCUT2D eigenvalue weighted by molar-refractivity contribution is 5.92. The maximum atomic E-state index is 12.2. The van der Waals surface area contributed by atoms with Gasteiger partial charge in [0.05, 0.1) is 6.61 Å². The fourth-order valence-electron chi connectivity index (χ4n) is 2.46. The van der Waals surface area contributed by atoms with Gasteiger partial charge in [-0.3, -0.25) is 4.79 Å². The van der Waals surface area contributed by atoms with Crippen LogP contribution in [0.5, 0.6) is 11.5 Å². The lowest BCUT2D eigenvalue weighted by molar-refractivity contribution is -0.118. The van der Waals surface area contributed by atoms with Crippen molar-refractivity contribution in [1.82, 2.24) is 0 Å². The first-order chi connectivity index (χ1) is 12.0. The van der Waals surface area contributed by atoms with Crippen LogP contribution in [0.3, 0.4) is 0 Å². The number of hydrogen-bond acceptors (Lipinski definition) is 4. The summed E-state index contributed by atoms with van der Waals surface area (Å²) in [6, 6.07) is 11.6. The Kier molecular flexibility index (Phi) is 6.83. The van der Waals surface area contributed by atoms with Crippen LogP contribution in [0.1, 0.15) is 23.6 Å². The molecule has 0 aliphatic heterocycles. The number of carbonyl (C=O) groups excluding carboxylic acids is 1. The van der Waals surface area contributed by atoms with Gasteiger partial charge in [0.1, 0.15) is 0 Å². The zero-order valence-electron chi connectivity index (χ0n) is 15.1. The third-order valence-electron chi connectivity index (χ3n) is 3.77.